The number of hydrogen-bond donors (Lipinski definition) is 1. The Morgan fingerprint density at radius 2 is 1.51 bits per heavy atom. The molecular weight excluding hydrogens is 434 g/mol. The van der Waals surface area contributed by atoms with Gasteiger partial charge in [0.2, 0.25) is 5.91 Å². The molecule has 1 atom stereocenters. The van der Waals surface area contributed by atoms with E-state index in [1.165, 1.54) is 38.5 Å². The number of anilines is 1. The molecule has 5 nitrogen and oxygen atoms in total. The quantitative estimate of drug-likeness (QED) is 0.634. The molecular formula is C30H39N3O2. The fraction of sp³-hybridized carbons (Fsp3) is 0.567. The molecule has 1 amide bonds. The summed E-state index contributed by atoms with van der Waals surface area (Å²) in [6.07, 6.45) is 7.78. The minimum Gasteiger partial charge on any atom is -0.495 e. The van der Waals surface area contributed by atoms with Crippen LogP contribution in [0.5, 0.6) is 5.75 Å². The van der Waals surface area contributed by atoms with Crippen LogP contribution in [0.2, 0.25) is 0 Å². The molecule has 4 saturated carbocycles. The summed E-state index contributed by atoms with van der Waals surface area (Å²) < 4.78 is 5.59. The minimum atomic E-state index is -0.123. The van der Waals surface area contributed by atoms with E-state index < -0.39 is 0 Å². The summed E-state index contributed by atoms with van der Waals surface area (Å²) in [6.45, 7) is 4.57. The van der Waals surface area contributed by atoms with Crippen LogP contribution < -0.4 is 15.0 Å². The lowest BCUT2D eigenvalue weighted by Crippen LogP contribution is -2.61. The lowest BCUT2D eigenvalue weighted by molar-refractivity contribution is -0.128. The fourth-order valence-corrected chi connectivity index (χ4v) is 7.96. The van der Waals surface area contributed by atoms with Gasteiger partial charge in [-0.1, -0.05) is 42.5 Å². The number of methoxy groups -OCH3 is 1. The summed E-state index contributed by atoms with van der Waals surface area (Å²) in [5, 5.41) is 3.67. The first-order valence-corrected chi connectivity index (χ1v) is 13.6. The van der Waals surface area contributed by atoms with Gasteiger partial charge in [-0.15, -0.1) is 0 Å². The van der Waals surface area contributed by atoms with E-state index in [9.17, 15) is 4.79 Å². The Hall–Kier alpha value is -2.53. The van der Waals surface area contributed by atoms with Crippen molar-refractivity contribution in [2.24, 2.45) is 17.8 Å². The second kappa shape index (κ2) is 9.50. The fourth-order valence-electron chi connectivity index (χ4n) is 7.96. The molecule has 2 aromatic carbocycles. The molecule has 0 radical (unpaired) electrons. The summed E-state index contributed by atoms with van der Waals surface area (Å²) in [7, 11) is 1.74. The number of ether oxygens (including phenoxy) is 1. The molecule has 5 heteroatoms. The Morgan fingerprint density at radius 1 is 0.914 bits per heavy atom. The summed E-state index contributed by atoms with van der Waals surface area (Å²) in [6, 6.07) is 18.7. The van der Waals surface area contributed by atoms with Crippen molar-refractivity contribution >= 4 is 11.6 Å². The van der Waals surface area contributed by atoms with Crippen LogP contribution in [0.3, 0.4) is 0 Å². The van der Waals surface area contributed by atoms with Crippen molar-refractivity contribution in [3.63, 3.8) is 0 Å². The van der Waals surface area contributed by atoms with Gasteiger partial charge < -0.3 is 15.0 Å². The normalized spacial score (nSPS) is 30.8. The molecule has 2 aromatic rings. The van der Waals surface area contributed by atoms with Gasteiger partial charge >= 0.3 is 0 Å². The van der Waals surface area contributed by atoms with Crippen LogP contribution in [0.4, 0.5) is 5.69 Å². The molecule has 5 fully saturated rings. The third-order valence-corrected chi connectivity index (χ3v) is 9.18. The van der Waals surface area contributed by atoms with Crippen LogP contribution in [-0.4, -0.2) is 56.2 Å². The van der Waals surface area contributed by atoms with E-state index in [1.54, 1.807) is 7.11 Å². The minimum absolute atomic E-state index is 0.0570. The maximum atomic E-state index is 13.9. The van der Waals surface area contributed by atoms with Gasteiger partial charge in [-0.25, -0.2) is 0 Å². The molecule has 186 valence electrons. The first kappa shape index (κ1) is 22.9. The highest BCUT2D eigenvalue weighted by Crippen LogP contribution is 2.55. The number of carbonyl (C=O) groups excluding carboxylic acids is 1. The van der Waals surface area contributed by atoms with Gasteiger partial charge in [0.1, 0.15) is 5.75 Å². The maximum Gasteiger partial charge on any atom is 0.229 e. The summed E-state index contributed by atoms with van der Waals surface area (Å²) >= 11 is 0. The molecule has 35 heavy (non-hydrogen) atoms. The zero-order chi connectivity index (χ0) is 23.8. The largest absolute Gasteiger partial charge is 0.495 e. The van der Waals surface area contributed by atoms with Gasteiger partial charge in [0.15, 0.2) is 0 Å². The molecule has 1 N–H and O–H groups in total. The lowest BCUT2D eigenvalue weighted by atomic mass is 9.53. The van der Waals surface area contributed by atoms with Gasteiger partial charge in [0, 0.05) is 38.3 Å². The first-order valence-electron chi connectivity index (χ1n) is 13.6. The average molecular weight is 474 g/mol. The van der Waals surface area contributed by atoms with Gasteiger partial charge in [-0.3, -0.25) is 9.69 Å². The Balaban J connectivity index is 1.15. The smallest absolute Gasteiger partial charge is 0.229 e. The molecule has 1 saturated heterocycles. The number of para-hydroxylation sites is 2. The molecule has 0 spiro atoms. The van der Waals surface area contributed by atoms with Crippen molar-refractivity contribution in [3.05, 3.63) is 60.2 Å². The Labute approximate surface area is 209 Å². The van der Waals surface area contributed by atoms with E-state index in [1.807, 2.05) is 18.2 Å². The van der Waals surface area contributed by atoms with Crippen molar-refractivity contribution in [2.75, 3.05) is 44.7 Å². The number of hydrogen-bond acceptors (Lipinski definition) is 4. The first-order chi connectivity index (χ1) is 17.1. The topological polar surface area (TPSA) is 44.8 Å². The van der Waals surface area contributed by atoms with E-state index in [4.69, 9.17) is 4.74 Å². The number of amides is 1. The zero-order valence-corrected chi connectivity index (χ0v) is 21.0. The molecule has 7 rings (SSSR count). The average Bonchev–Trinajstić information content (AvgIpc) is 2.87. The summed E-state index contributed by atoms with van der Waals surface area (Å²) in [5.74, 6) is 3.55. The molecule has 0 aromatic heterocycles. The molecule has 4 aliphatic carbocycles. The monoisotopic (exact) mass is 473 g/mol. The van der Waals surface area contributed by atoms with Gasteiger partial charge in [0.25, 0.3) is 0 Å². The van der Waals surface area contributed by atoms with Crippen LogP contribution in [0, 0.1) is 17.8 Å². The Kier molecular flexibility index (Phi) is 6.21. The SMILES string of the molecule is COc1ccccc1N1CCN(C[C@H](C(=O)NC23CC4CC(CC(C4)C2)C3)c2ccccc2)CC1. The molecule has 0 unspecified atom stereocenters. The zero-order valence-electron chi connectivity index (χ0n) is 21.0. The number of nitrogens with zero attached hydrogens (tertiary/aromatic N) is 2. The second-order valence-corrected chi connectivity index (χ2v) is 11.6. The van der Waals surface area contributed by atoms with E-state index in [0.717, 1.165) is 67.5 Å². The van der Waals surface area contributed by atoms with Gasteiger partial charge in [0.05, 0.1) is 18.7 Å². The standard InChI is InChI=1S/C30H39N3O2/c1-35-28-10-6-5-9-27(28)33-13-11-32(12-14-33)21-26(25-7-3-2-4-8-25)29(34)31-30-18-22-15-23(19-30)17-24(16-22)20-30/h2-10,22-24,26H,11-21H2,1H3,(H,31,34)/t22?,23?,24?,26-,30?/m0/s1. The molecule has 5 aliphatic rings. The summed E-state index contributed by atoms with van der Waals surface area (Å²) in [4.78, 5) is 18.8. The Morgan fingerprint density at radius 3 is 2.14 bits per heavy atom. The third kappa shape index (κ3) is 4.67. The van der Waals surface area contributed by atoms with Crippen molar-refractivity contribution < 1.29 is 9.53 Å². The molecule has 1 aliphatic heterocycles. The van der Waals surface area contributed by atoms with Gasteiger partial charge in [-0.05, 0) is 74.0 Å². The number of benzene rings is 2. The highest BCUT2D eigenvalue weighted by molar-refractivity contribution is 5.84. The number of nitrogens with one attached hydrogen (secondary N) is 1. The highest BCUT2D eigenvalue weighted by atomic mass is 16.5. The van der Waals surface area contributed by atoms with Crippen molar-refractivity contribution in [1.29, 1.82) is 0 Å². The van der Waals surface area contributed by atoms with Crippen molar-refractivity contribution in [1.82, 2.24) is 10.2 Å². The highest BCUT2D eigenvalue weighted by Gasteiger charge is 2.52. The van der Waals surface area contributed by atoms with E-state index in [2.05, 4.69) is 51.5 Å². The number of rotatable bonds is 7. The maximum absolute atomic E-state index is 13.9. The van der Waals surface area contributed by atoms with Crippen LogP contribution in [0.25, 0.3) is 0 Å². The van der Waals surface area contributed by atoms with Crippen molar-refractivity contribution in [2.45, 2.75) is 50.0 Å². The number of piperazine rings is 1. The van der Waals surface area contributed by atoms with Crippen LogP contribution in [0.1, 0.15) is 50.0 Å². The molecule has 1 heterocycles. The molecule has 4 bridgehead atoms. The summed E-state index contributed by atoms with van der Waals surface area (Å²) in [5.41, 5.74) is 2.36. The van der Waals surface area contributed by atoms with Crippen LogP contribution in [-0.2, 0) is 4.79 Å². The van der Waals surface area contributed by atoms with Crippen LogP contribution >= 0.6 is 0 Å². The van der Waals surface area contributed by atoms with E-state index in [0.29, 0.717) is 0 Å². The van der Waals surface area contributed by atoms with E-state index in [-0.39, 0.29) is 17.4 Å². The second-order valence-electron chi connectivity index (χ2n) is 11.6. The third-order valence-electron chi connectivity index (χ3n) is 9.18. The van der Waals surface area contributed by atoms with Crippen LogP contribution in [0.15, 0.2) is 54.6 Å². The predicted molar refractivity (Wildman–Crippen MR) is 140 cm³/mol. The predicted octanol–water partition coefficient (Wildman–Crippen LogP) is 4.69. The van der Waals surface area contributed by atoms with Gasteiger partial charge in [-0.2, -0.15) is 0 Å². The lowest BCUT2D eigenvalue weighted by Gasteiger charge is -2.57. The van der Waals surface area contributed by atoms with E-state index >= 15 is 0 Å². The number of carbonyl (C=O) groups is 1. The Bertz CT molecular complexity index is 996. The van der Waals surface area contributed by atoms with Crippen molar-refractivity contribution in [3.8, 4) is 5.75 Å².